The van der Waals surface area contributed by atoms with Gasteiger partial charge in [0, 0.05) is 5.41 Å². The molecule has 1 N–H and O–H groups in total. The van der Waals surface area contributed by atoms with Crippen LogP contribution in [0.2, 0.25) is 0 Å². The fraction of sp³-hybridized carbons (Fsp3) is 0.950. The van der Waals surface area contributed by atoms with Crippen LogP contribution in [-0.2, 0) is 0 Å². The van der Waals surface area contributed by atoms with Crippen LogP contribution in [0.5, 0.6) is 0 Å². The van der Waals surface area contributed by atoms with Crippen molar-refractivity contribution in [3.05, 3.63) is 0 Å². The molecule has 22 heavy (non-hydrogen) atoms. The van der Waals surface area contributed by atoms with Gasteiger partial charge in [0.15, 0.2) is 5.60 Å². The standard InChI is InChI=1S/C20H31NO/c1-18-10-4-3-5-14(18)6-7-15-16(18)8-11-19(2)17(15)9-12-20(19,22)13-21/h14-17,22H,3-12H2,1-2H3/t14-,15-,16+,17-,18+,19+,20-/m1/s1. The van der Waals surface area contributed by atoms with E-state index in [9.17, 15) is 10.4 Å². The highest BCUT2D eigenvalue weighted by molar-refractivity contribution is 5.20. The van der Waals surface area contributed by atoms with Crippen molar-refractivity contribution in [1.82, 2.24) is 0 Å². The average Bonchev–Trinajstić information content (AvgIpc) is 2.79. The van der Waals surface area contributed by atoms with E-state index in [2.05, 4.69) is 19.9 Å². The maximum Gasteiger partial charge on any atom is 0.156 e. The van der Waals surface area contributed by atoms with Gasteiger partial charge in [0.25, 0.3) is 0 Å². The summed E-state index contributed by atoms with van der Waals surface area (Å²) >= 11 is 0. The largest absolute Gasteiger partial charge is 0.375 e. The number of fused-ring (bicyclic) bond motifs is 5. The number of nitrogens with zero attached hydrogens (tertiary/aromatic N) is 1. The minimum absolute atomic E-state index is 0.152. The number of aliphatic hydroxyl groups is 1. The van der Waals surface area contributed by atoms with Gasteiger partial charge >= 0.3 is 0 Å². The molecule has 4 saturated carbocycles. The summed E-state index contributed by atoms with van der Waals surface area (Å²) in [5, 5.41) is 20.4. The van der Waals surface area contributed by atoms with Crippen molar-refractivity contribution in [2.24, 2.45) is 34.5 Å². The molecule has 0 saturated heterocycles. The third-order valence-corrected chi connectivity index (χ3v) is 8.92. The summed E-state index contributed by atoms with van der Waals surface area (Å²) in [6.45, 7) is 4.81. The molecule has 0 heterocycles. The van der Waals surface area contributed by atoms with E-state index in [0.717, 1.165) is 30.6 Å². The minimum atomic E-state index is -1.06. The van der Waals surface area contributed by atoms with E-state index >= 15 is 0 Å². The maximum atomic E-state index is 10.9. The van der Waals surface area contributed by atoms with Crippen LogP contribution in [0.1, 0.15) is 78.1 Å². The second-order valence-corrected chi connectivity index (χ2v) is 9.37. The van der Waals surface area contributed by atoms with Gasteiger partial charge in [-0.25, -0.2) is 0 Å². The van der Waals surface area contributed by atoms with Gasteiger partial charge < -0.3 is 5.11 Å². The molecule has 0 aromatic carbocycles. The smallest absolute Gasteiger partial charge is 0.156 e. The van der Waals surface area contributed by atoms with E-state index < -0.39 is 5.60 Å². The van der Waals surface area contributed by atoms with Crippen LogP contribution in [0.25, 0.3) is 0 Å². The Bertz CT molecular complexity index is 510. The molecule has 2 heteroatoms. The Labute approximate surface area is 135 Å². The summed E-state index contributed by atoms with van der Waals surface area (Å²) < 4.78 is 0. The monoisotopic (exact) mass is 301 g/mol. The summed E-state index contributed by atoms with van der Waals surface area (Å²) in [7, 11) is 0. The van der Waals surface area contributed by atoms with E-state index in [0.29, 0.717) is 17.8 Å². The summed E-state index contributed by atoms with van der Waals surface area (Å²) in [4.78, 5) is 0. The summed E-state index contributed by atoms with van der Waals surface area (Å²) in [5.41, 5.74) is -0.663. The number of rotatable bonds is 0. The molecule has 4 aliphatic rings. The molecule has 4 fully saturated rings. The van der Waals surface area contributed by atoms with Crippen molar-refractivity contribution >= 4 is 0 Å². The third kappa shape index (κ3) is 1.70. The van der Waals surface area contributed by atoms with Crippen LogP contribution in [0.4, 0.5) is 0 Å². The Morgan fingerprint density at radius 1 is 0.909 bits per heavy atom. The lowest BCUT2D eigenvalue weighted by Gasteiger charge is -2.60. The molecule has 2 nitrogen and oxygen atoms in total. The van der Waals surface area contributed by atoms with Crippen molar-refractivity contribution in [1.29, 1.82) is 5.26 Å². The lowest BCUT2D eigenvalue weighted by molar-refractivity contribution is -0.135. The molecule has 0 aromatic heterocycles. The van der Waals surface area contributed by atoms with Crippen LogP contribution in [-0.4, -0.2) is 10.7 Å². The van der Waals surface area contributed by atoms with Crippen LogP contribution in [0, 0.1) is 45.8 Å². The van der Waals surface area contributed by atoms with Crippen LogP contribution in [0.15, 0.2) is 0 Å². The van der Waals surface area contributed by atoms with Gasteiger partial charge in [-0.15, -0.1) is 0 Å². The Hall–Kier alpha value is -0.550. The van der Waals surface area contributed by atoms with Crippen molar-refractivity contribution < 1.29 is 5.11 Å². The van der Waals surface area contributed by atoms with Crippen molar-refractivity contribution in [3.63, 3.8) is 0 Å². The lowest BCUT2D eigenvalue weighted by atomic mass is 9.44. The first kappa shape index (κ1) is 15.0. The lowest BCUT2D eigenvalue weighted by Crippen LogP contribution is -2.55. The summed E-state index contributed by atoms with van der Waals surface area (Å²) in [6, 6.07) is 2.30. The second-order valence-electron chi connectivity index (χ2n) is 9.37. The first-order valence-electron chi connectivity index (χ1n) is 9.58. The van der Waals surface area contributed by atoms with Gasteiger partial charge in [0.2, 0.25) is 0 Å². The van der Waals surface area contributed by atoms with E-state index in [-0.39, 0.29) is 5.41 Å². The van der Waals surface area contributed by atoms with Gasteiger partial charge in [-0.2, -0.15) is 5.26 Å². The molecule has 0 unspecified atom stereocenters. The van der Waals surface area contributed by atoms with E-state index in [1.165, 1.54) is 44.9 Å². The molecule has 4 aliphatic carbocycles. The quantitative estimate of drug-likeness (QED) is 0.661. The van der Waals surface area contributed by atoms with Crippen LogP contribution >= 0.6 is 0 Å². The van der Waals surface area contributed by atoms with Crippen LogP contribution in [0.3, 0.4) is 0 Å². The highest BCUT2D eigenvalue weighted by Crippen LogP contribution is 2.68. The molecule has 4 rings (SSSR count). The predicted octanol–water partition coefficient (Wildman–Crippen LogP) is 4.67. The van der Waals surface area contributed by atoms with Crippen molar-refractivity contribution in [2.75, 3.05) is 0 Å². The molecule has 122 valence electrons. The third-order valence-electron chi connectivity index (χ3n) is 8.92. The summed E-state index contributed by atoms with van der Waals surface area (Å²) in [6.07, 6.45) is 12.6. The van der Waals surface area contributed by atoms with E-state index in [1.54, 1.807) is 0 Å². The number of nitriles is 1. The first-order chi connectivity index (χ1) is 10.4. The molecule has 0 amide bonds. The Morgan fingerprint density at radius 2 is 1.68 bits per heavy atom. The maximum absolute atomic E-state index is 10.9. The second kappa shape index (κ2) is 4.73. The van der Waals surface area contributed by atoms with Gasteiger partial charge in [-0.3, -0.25) is 0 Å². The Balaban J connectivity index is 1.67. The van der Waals surface area contributed by atoms with Crippen molar-refractivity contribution in [3.8, 4) is 6.07 Å². The topological polar surface area (TPSA) is 44.0 Å². The molecule has 7 atom stereocenters. The molecular weight excluding hydrogens is 270 g/mol. The molecule has 0 radical (unpaired) electrons. The molecule has 0 aromatic rings. The van der Waals surface area contributed by atoms with E-state index in [1.807, 2.05) is 0 Å². The first-order valence-corrected chi connectivity index (χ1v) is 9.58. The minimum Gasteiger partial charge on any atom is -0.375 e. The Kier molecular flexibility index (Phi) is 3.22. The normalized spacial score (nSPS) is 57.4. The number of hydrogen-bond donors (Lipinski definition) is 1. The van der Waals surface area contributed by atoms with Crippen LogP contribution < -0.4 is 0 Å². The number of hydrogen-bond acceptors (Lipinski definition) is 2. The predicted molar refractivity (Wildman–Crippen MR) is 86.9 cm³/mol. The van der Waals surface area contributed by atoms with E-state index in [4.69, 9.17) is 0 Å². The molecule has 0 spiro atoms. The highest BCUT2D eigenvalue weighted by Gasteiger charge is 2.64. The zero-order chi connectivity index (χ0) is 15.6. The molecule has 0 aliphatic heterocycles. The fourth-order valence-electron chi connectivity index (χ4n) is 7.49. The SMILES string of the molecule is C[C@]12CCCC[C@@H]1CC[C@H]1[C@H]3CC[C@@](O)(C#N)[C@@]3(C)CC[C@@H]12. The zero-order valence-corrected chi connectivity index (χ0v) is 14.3. The average molecular weight is 301 g/mol. The Morgan fingerprint density at radius 3 is 2.45 bits per heavy atom. The summed E-state index contributed by atoms with van der Waals surface area (Å²) in [5.74, 6) is 3.14. The van der Waals surface area contributed by atoms with Gasteiger partial charge in [0.05, 0.1) is 6.07 Å². The van der Waals surface area contributed by atoms with Gasteiger partial charge in [-0.05, 0) is 80.5 Å². The van der Waals surface area contributed by atoms with Crippen molar-refractivity contribution in [2.45, 2.75) is 83.7 Å². The zero-order valence-electron chi connectivity index (χ0n) is 14.3. The van der Waals surface area contributed by atoms with Gasteiger partial charge in [-0.1, -0.05) is 26.7 Å². The molecule has 0 bridgehead atoms. The highest BCUT2D eigenvalue weighted by atomic mass is 16.3. The molecular formula is C20H31NO. The van der Waals surface area contributed by atoms with Gasteiger partial charge in [0.1, 0.15) is 0 Å². The fourth-order valence-corrected chi connectivity index (χ4v) is 7.49.